The molecule has 0 aliphatic carbocycles. The molecule has 0 saturated carbocycles. The molecular formula is C23H24N6O. The number of hydrogen-bond acceptors (Lipinski definition) is 3. The molecule has 152 valence electrons. The van der Waals surface area contributed by atoms with E-state index in [-0.39, 0.29) is 6.03 Å². The van der Waals surface area contributed by atoms with Crippen LogP contribution < -0.4 is 10.6 Å². The van der Waals surface area contributed by atoms with E-state index >= 15 is 0 Å². The molecule has 0 aliphatic rings. The summed E-state index contributed by atoms with van der Waals surface area (Å²) in [5.41, 5.74) is 5.92. The largest absolute Gasteiger partial charge is 0.334 e. The van der Waals surface area contributed by atoms with Crippen LogP contribution in [-0.4, -0.2) is 25.4 Å². The zero-order valence-corrected chi connectivity index (χ0v) is 17.0. The third-order valence-corrected chi connectivity index (χ3v) is 4.83. The number of anilines is 1. The van der Waals surface area contributed by atoms with Crippen molar-refractivity contribution in [3.8, 4) is 5.69 Å². The summed E-state index contributed by atoms with van der Waals surface area (Å²) < 4.78 is 3.89. The SMILES string of the molecule is Cc1cc(C)n(Cc2cccc(NC(=O)NCc3ccccc3-n3ccnc3)c2)n1. The molecule has 7 heteroatoms. The summed E-state index contributed by atoms with van der Waals surface area (Å²) in [5, 5.41) is 10.3. The molecular weight excluding hydrogens is 376 g/mol. The van der Waals surface area contributed by atoms with Gasteiger partial charge >= 0.3 is 6.03 Å². The predicted octanol–water partition coefficient (Wildman–Crippen LogP) is 4.06. The molecule has 0 unspecified atom stereocenters. The smallest absolute Gasteiger partial charge is 0.319 e. The fraction of sp³-hybridized carbons (Fsp3) is 0.174. The number of carbonyl (C=O) groups excluding carboxylic acids is 1. The lowest BCUT2D eigenvalue weighted by molar-refractivity contribution is 0.251. The molecule has 2 aromatic carbocycles. The average molecular weight is 400 g/mol. The van der Waals surface area contributed by atoms with Crippen molar-refractivity contribution in [2.75, 3.05) is 5.32 Å². The maximum Gasteiger partial charge on any atom is 0.319 e. The number of amides is 2. The number of urea groups is 1. The van der Waals surface area contributed by atoms with Gasteiger partial charge in [0.15, 0.2) is 0 Å². The van der Waals surface area contributed by atoms with Crippen molar-refractivity contribution in [1.29, 1.82) is 0 Å². The van der Waals surface area contributed by atoms with E-state index in [0.717, 1.165) is 33.9 Å². The van der Waals surface area contributed by atoms with Crippen molar-refractivity contribution >= 4 is 11.7 Å². The van der Waals surface area contributed by atoms with Gasteiger partial charge in [0.2, 0.25) is 0 Å². The van der Waals surface area contributed by atoms with Gasteiger partial charge < -0.3 is 15.2 Å². The highest BCUT2D eigenvalue weighted by atomic mass is 16.2. The van der Waals surface area contributed by atoms with E-state index in [2.05, 4.69) is 26.8 Å². The van der Waals surface area contributed by atoms with Crippen molar-refractivity contribution in [2.45, 2.75) is 26.9 Å². The zero-order chi connectivity index (χ0) is 20.9. The number of imidazole rings is 1. The van der Waals surface area contributed by atoms with Crippen LogP contribution >= 0.6 is 0 Å². The number of para-hydroxylation sites is 1. The van der Waals surface area contributed by atoms with Gasteiger partial charge in [-0.25, -0.2) is 9.78 Å². The molecule has 0 fully saturated rings. The Kier molecular flexibility index (Phi) is 5.61. The van der Waals surface area contributed by atoms with E-state index in [1.165, 1.54) is 0 Å². The molecule has 0 spiro atoms. The molecule has 0 radical (unpaired) electrons. The van der Waals surface area contributed by atoms with Gasteiger partial charge in [-0.1, -0.05) is 30.3 Å². The number of aromatic nitrogens is 4. The second kappa shape index (κ2) is 8.65. The number of carbonyl (C=O) groups is 1. The normalized spacial score (nSPS) is 10.7. The maximum atomic E-state index is 12.5. The number of aryl methyl sites for hydroxylation is 2. The van der Waals surface area contributed by atoms with Gasteiger partial charge in [0, 0.05) is 30.3 Å². The van der Waals surface area contributed by atoms with Crippen LogP contribution in [0.1, 0.15) is 22.5 Å². The quantitative estimate of drug-likeness (QED) is 0.512. The van der Waals surface area contributed by atoms with Crippen LogP contribution in [0, 0.1) is 13.8 Å². The van der Waals surface area contributed by atoms with Gasteiger partial charge in [-0.2, -0.15) is 5.10 Å². The van der Waals surface area contributed by atoms with Crippen molar-refractivity contribution in [3.05, 3.63) is 95.8 Å². The van der Waals surface area contributed by atoms with Crippen LogP contribution in [0.5, 0.6) is 0 Å². The molecule has 2 amide bonds. The Morgan fingerprint density at radius 3 is 2.70 bits per heavy atom. The molecule has 2 N–H and O–H groups in total. The van der Waals surface area contributed by atoms with E-state index in [1.54, 1.807) is 12.5 Å². The van der Waals surface area contributed by atoms with Crippen molar-refractivity contribution in [1.82, 2.24) is 24.6 Å². The monoisotopic (exact) mass is 400 g/mol. The Morgan fingerprint density at radius 1 is 1.07 bits per heavy atom. The molecule has 2 heterocycles. The highest BCUT2D eigenvalue weighted by Gasteiger charge is 2.08. The molecule has 4 rings (SSSR count). The Morgan fingerprint density at radius 2 is 1.93 bits per heavy atom. The minimum Gasteiger partial charge on any atom is -0.334 e. The highest BCUT2D eigenvalue weighted by Crippen LogP contribution is 2.15. The van der Waals surface area contributed by atoms with E-state index < -0.39 is 0 Å². The molecule has 7 nitrogen and oxygen atoms in total. The lowest BCUT2D eigenvalue weighted by Crippen LogP contribution is -2.28. The second-order valence-corrected chi connectivity index (χ2v) is 7.19. The third-order valence-electron chi connectivity index (χ3n) is 4.83. The van der Waals surface area contributed by atoms with Gasteiger partial charge in [-0.3, -0.25) is 4.68 Å². The van der Waals surface area contributed by atoms with Gasteiger partial charge in [-0.05, 0) is 49.2 Å². The first-order valence-corrected chi connectivity index (χ1v) is 9.79. The van der Waals surface area contributed by atoms with E-state index in [0.29, 0.717) is 13.1 Å². The highest BCUT2D eigenvalue weighted by molar-refractivity contribution is 5.89. The Labute approximate surface area is 175 Å². The van der Waals surface area contributed by atoms with Gasteiger partial charge in [0.1, 0.15) is 0 Å². The summed E-state index contributed by atoms with van der Waals surface area (Å²) in [7, 11) is 0. The zero-order valence-electron chi connectivity index (χ0n) is 17.0. The van der Waals surface area contributed by atoms with E-state index in [9.17, 15) is 4.79 Å². The summed E-state index contributed by atoms with van der Waals surface area (Å²) in [6.07, 6.45) is 5.36. The average Bonchev–Trinajstić information content (AvgIpc) is 3.37. The van der Waals surface area contributed by atoms with Crippen LogP contribution in [0.3, 0.4) is 0 Å². The van der Waals surface area contributed by atoms with Gasteiger partial charge in [0.05, 0.1) is 24.3 Å². The van der Waals surface area contributed by atoms with E-state index in [4.69, 9.17) is 0 Å². The molecule has 4 aromatic rings. The summed E-state index contributed by atoms with van der Waals surface area (Å²) in [6, 6.07) is 17.5. The van der Waals surface area contributed by atoms with Crippen LogP contribution in [0.2, 0.25) is 0 Å². The van der Waals surface area contributed by atoms with Crippen molar-refractivity contribution in [3.63, 3.8) is 0 Å². The number of rotatable bonds is 6. The maximum absolute atomic E-state index is 12.5. The number of benzene rings is 2. The van der Waals surface area contributed by atoms with Gasteiger partial charge in [0.25, 0.3) is 0 Å². The molecule has 2 aromatic heterocycles. The van der Waals surface area contributed by atoms with Crippen LogP contribution in [0.4, 0.5) is 10.5 Å². The minimum absolute atomic E-state index is 0.251. The van der Waals surface area contributed by atoms with Crippen LogP contribution in [-0.2, 0) is 13.1 Å². The second-order valence-electron chi connectivity index (χ2n) is 7.19. The Bertz CT molecular complexity index is 1150. The summed E-state index contributed by atoms with van der Waals surface area (Å²) in [5.74, 6) is 0. The molecule has 30 heavy (non-hydrogen) atoms. The Hall–Kier alpha value is -3.87. The molecule has 0 bridgehead atoms. The standard InChI is InChI=1S/C23H24N6O/c1-17-12-18(2)29(27-17)15-19-6-5-8-21(13-19)26-23(30)25-14-20-7-3-4-9-22(20)28-11-10-24-16-28/h3-13,16H,14-15H2,1-2H3,(H2,25,26,30). The Balaban J connectivity index is 1.39. The first-order valence-electron chi connectivity index (χ1n) is 9.79. The first-order chi connectivity index (χ1) is 14.6. The molecule has 0 atom stereocenters. The summed E-state index contributed by atoms with van der Waals surface area (Å²) >= 11 is 0. The van der Waals surface area contributed by atoms with Crippen LogP contribution in [0.15, 0.2) is 73.3 Å². The lowest BCUT2D eigenvalue weighted by Gasteiger charge is -2.12. The first kappa shape index (κ1) is 19.4. The predicted molar refractivity (Wildman–Crippen MR) is 117 cm³/mol. The summed E-state index contributed by atoms with van der Waals surface area (Å²) in [6.45, 7) is 5.09. The van der Waals surface area contributed by atoms with Gasteiger partial charge in [-0.15, -0.1) is 0 Å². The topological polar surface area (TPSA) is 76.8 Å². The molecule has 0 saturated heterocycles. The van der Waals surface area contributed by atoms with Crippen molar-refractivity contribution < 1.29 is 4.79 Å². The minimum atomic E-state index is -0.251. The lowest BCUT2D eigenvalue weighted by atomic mass is 10.1. The fourth-order valence-electron chi connectivity index (χ4n) is 3.42. The number of nitrogens with zero attached hydrogens (tertiary/aromatic N) is 4. The number of nitrogens with one attached hydrogen (secondary N) is 2. The van der Waals surface area contributed by atoms with Crippen LogP contribution in [0.25, 0.3) is 5.69 Å². The number of hydrogen-bond donors (Lipinski definition) is 2. The van der Waals surface area contributed by atoms with Crippen molar-refractivity contribution in [2.24, 2.45) is 0 Å². The third kappa shape index (κ3) is 4.57. The van der Waals surface area contributed by atoms with E-state index in [1.807, 2.05) is 77.8 Å². The molecule has 0 aliphatic heterocycles. The summed E-state index contributed by atoms with van der Waals surface area (Å²) in [4.78, 5) is 16.5. The fourth-order valence-corrected chi connectivity index (χ4v) is 3.42.